The number of halogens is 2. The summed E-state index contributed by atoms with van der Waals surface area (Å²) in [5.41, 5.74) is 2.19. The Labute approximate surface area is 186 Å². The third-order valence-corrected chi connectivity index (χ3v) is 7.35. The lowest BCUT2D eigenvalue weighted by Crippen LogP contribution is -2.65. The summed E-state index contributed by atoms with van der Waals surface area (Å²) in [6, 6.07) is 15.8. The topological polar surface area (TPSA) is 40.6 Å². The van der Waals surface area contributed by atoms with Crippen LogP contribution in [0.5, 0.6) is 0 Å². The van der Waals surface area contributed by atoms with Gasteiger partial charge in [0, 0.05) is 59.9 Å². The van der Waals surface area contributed by atoms with E-state index in [2.05, 4.69) is 12.1 Å². The van der Waals surface area contributed by atoms with Gasteiger partial charge >= 0.3 is 0 Å². The predicted octanol–water partition coefficient (Wildman–Crippen LogP) is 4.86. The number of benzene rings is 2. The molecule has 3 aliphatic rings. The van der Waals surface area contributed by atoms with Gasteiger partial charge in [-0.15, -0.1) is 0 Å². The molecule has 6 heteroatoms. The molecule has 2 heterocycles. The van der Waals surface area contributed by atoms with Gasteiger partial charge in [0.25, 0.3) is 0 Å². The van der Waals surface area contributed by atoms with Crippen molar-refractivity contribution in [1.29, 1.82) is 0 Å². The lowest BCUT2D eigenvalue weighted by atomic mass is 9.58. The van der Waals surface area contributed by atoms with Crippen molar-refractivity contribution in [3.63, 3.8) is 0 Å². The van der Waals surface area contributed by atoms with Crippen LogP contribution in [-0.4, -0.2) is 46.8 Å². The zero-order valence-corrected chi connectivity index (χ0v) is 18.1. The molecule has 5 rings (SSSR count). The minimum absolute atomic E-state index is 0.00432. The summed E-state index contributed by atoms with van der Waals surface area (Å²) in [5.74, 6) is 0.476. The van der Waals surface area contributed by atoms with Crippen molar-refractivity contribution < 1.29 is 9.59 Å². The van der Waals surface area contributed by atoms with Gasteiger partial charge in [-0.3, -0.25) is 9.59 Å². The first-order valence-electron chi connectivity index (χ1n) is 10.6. The van der Waals surface area contributed by atoms with Gasteiger partial charge in [-0.05, 0) is 48.2 Å². The van der Waals surface area contributed by atoms with Crippen LogP contribution in [0.2, 0.25) is 10.0 Å². The van der Waals surface area contributed by atoms with Crippen LogP contribution in [-0.2, 0) is 9.59 Å². The van der Waals surface area contributed by atoms with Gasteiger partial charge in [0.15, 0.2) is 0 Å². The molecule has 1 aliphatic carbocycles. The molecule has 1 saturated carbocycles. The number of hydrogen-bond donors (Lipinski definition) is 0. The number of carbonyl (C=O) groups excluding carboxylic acids is 2. The first-order valence-corrected chi connectivity index (χ1v) is 11.4. The summed E-state index contributed by atoms with van der Waals surface area (Å²) >= 11 is 12.7. The van der Waals surface area contributed by atoms with E-state index < -0.39 is 0 Å². The monoisotopic (exact) mass is 442 g/mol. The molecule has 0 unspecified atom stereocenters. The van der Waals surface area contributed by atoms with Crippen LogP contribution in [0.25, 0.3) is 0 Å². The smallest absolute Gasteiger partial charge is 0.222 e. The Hall–Kier alpha value is -2.04. The standard InChI is InChI=1S/C24H24Cl2N2O2/c25-17-7-1-5-15(13-17)21-23(27-11-3-9-19(27)29)22(16-6-2-8-18(26)14-16)24(21)28-12-4-10-20(28)30/h1-2,5-8,13-14,21-24H,3-4,9-12H2. The second kappa shape index (κ2) is 7.90. The van der Waals surface area contributed by atoms with E-state index in [1.807, 2.05) is 46.2 Å². The minimum Gasteiger partial charge on any atom is -0.338 e. The molecule has 0 atom stereocenters. The Bertz CT molecular complexity index is 907. The van der Waals surface area contributed by atoms with Crippen molar-refractivity contribution in [1.82, 2.24) is 9.80 Å². The summed E-state index contributed by atoms with van der Waals surface area (Å²) in [5, 5.41) is 1.36. The number of rotatable bonds is 4. The molecule has 0 aromatic heterocycles. The van der Waals surface area contributed by atoms with Crippen LogP contribution in [0.15, 0.2) is 48.5 Å². The first kappa shape index (κ1) is 19.9. The van der Waals surface area contributed by atoms with Crippen LogP contribution < -0.4 is 0 Å². The van der Waals surface area contributed by atoms with Gasteiger partial charge in [0.1, 0.15) is 0 Å². The SMILES string of the molecule is O=C1CCCN1C1C(c2cccc(Cl)c2)C(N2CCCC2=O)C1c1cccc(Cl)c1. The van der Waals surface area contributed by atoms with Crippen LogP contribution in [0.4, 0.5) is 0 Å². The largest absolute Gasteiger partial charge is 0.338 e. The number of hydrogen-bond acceptors (Lipinski definition) is 2. The van der Waals surface area contributed by atoms with Crippen molar-refractivity contribution >= 4 is 35.0 Å². The zero-order valence-electron chi connectivity index (χ0n) is 16.6. The van der Waals surface area contributed by atoms with E-state index in [9.17, 15) is 9.59 Å². The summed E-state index contributed by atoms with van der Waals surface area (Å²) in [7, 11) is 0. The fraction of sp³-hybridized carbons (Fsp3) is 0.417. The summed E-state index contributed by atoms with van der Waals surface area (Å²) in [6.07, 6.45) is 2.95. The van der Waals surface area contributed by atoms with E-state index in [4.69, 9.17) is 23.2 Å². The Balaban J connectivity index is 1.63. The first-order chi connectivity index (χ1) is 14.5. The Morgan fingerprint density at radius 2 is 1.13 bits per heavy atom. The van der Waals surface area contributed by atoms with Crippen molar-refractivity contribution in [3.8, 4) is 0 Å². The third kappa shape index (κ3) is 3.30. The highest BCUT2D eigenvalue weighted by molar-refractivity contribution is 6.30. The van der Waals surface area contributed by atoms with E-state index in [0.717, 1.165) is 37.1 Å². The van der Waals surface area contributed by atoms with E-state index in [0.29, 0.717) is 22.9 Å². The van der Waals surface area contributed by atoms with Crippen LogP contribution in [0.3, 0.4) is 0 Å². The molecule has 2 amide bonds. The third-order valence-electron chi connectivity index (χ3n) is 6.88. The lowest BCUT2D eigenvalue weighted by Gasteiger charge is -2.58. The van der Waals surface area contributed by atoms with Crippen molar-refractivity contribution in [2.75, 3.05) is 13.1 Å². The van der Waals surface area contributed by atoms with E-state index in [1.165, 1.54) is 0 Å². The Kier molecular flexibility index (Phi) is 5.24. The van der Waals surface area contributed by atoms with Gasteiger partial charge in [0.05, 0.1) is 0 Å². The van der Waals surface area contributed by atoms with Crippen LogP contribution >= 0.6 is 23.2 Å². The summed E-state index contributed by atoms with van der Waals surface area (Å²) in [4.78, 5) is 29.6. The van der Waals surface area contributed by atoms with Crippen LogP contribution in [0, 0.1) is 0 Å². The fourth-order valence-electron chi connectivity index (χ4n) is 5.67. The molecule has 2 aromatic rings. The average Bonchev–Trinajstić information content (AvgIpc) is 3.30. The van der Waals surface area contributed by atoms with Gasteiger partial charge in [-0.25, -0.2) is 0 Å². The number of nitrogens with zero attached hydrogens (tertiary/aromatic N) is 2. The Morgan fingerprint density at radius 3 is 1.47 bits per heavy atom. The highest BCUT2D eigenvalue weighted by Crippen LogP contribution is 2.55. The molecule has 0 spiro atoms. The van der Waals surface area contributed by atoms with Gasteiger partial charge < -0.3 is 9.80 Å². The maximum atomic E-state index is 12.8. The maximum absolute atomic E-state index is 12.8. The second-order valence-electron chi connectivity index (χ2n) is 8.52. The zero-order chi connectivity index (χ0) is 20.8. The molecular formula is C24H24Cl2N2O2. The molecule has 2 saturated heterocycles. The summed E-state index contributed by atoms with van der Waals surface area (Å²) < 4.78 is 0. The van der Waals surface area contributed by atoms with E-state index in [1.54, 1.807) is 0 Å². The molecule has 2 aromatic carbocycles. The molecule has 2 aliphatic heterocycles. The second-order valence-corrected chi connectivity index (χ2v) is 9.40. The quantitative estimate of drug-likeness (QED) is 0.678. The highest BCUT2D eigenvalue weighted by Gasteiger charge is 2.59. The van der Waals surface area contributed by atoms with E-state index >= 15 is 0 Å². The predicted molar refractivity (Wildman–Crippen MR) is 118 cm³/mol. The van der Waals surface area contributed by atoms with Gasteiger partial charge in [-0.1, -0.05) is 47.5 Å². The lowest BCUT2D eigenvalue weighted by molar-refractivity contribution is -0.140. The summed E-state index contributed by atoms with van der Waals surface area (Å²) in [6.45, 7) is 1.52. The Morgan fingerprint density at radius 1 is 0.700 bits per heavy atom. The van der Waals surface area contributed by atoms with Crippen LogP contribution in [0.1, 0.15) is 48.6 Å². The molecule has 3 fully saturated rings. The fourth-order valence-corrected chi connectivity index (χ4v) is 6.06. The highest BCUT2D eigenvalue weighted by atomic mass is 35.5. The van der Waals surface area contributed by atoms with Crippen molar-refractivity contribution in [2.45, 2.75) is 49.6 Å². The van der Waals surface area contributed by atoms with Gasteiger partial charge in [-0.2, -0.15) is 0 Å². The average molecular weight is 443 g/mol. The number of carbonyl (C=O) groups is 2. The maximum Gasteiger partial charge on any atom is 0.222 e. The minimum atomic E-state index is -0.00432. The number of likely N-dealkylation sites (tertiary alicyclic amines) is 2. The molecule has 0 radical (unpaired) electrons. The molecular weight excluding hydrogens is 419 g/mol. The number of amides is 2. The molecule has 30 heavy (non-hydrogen) atoms. The molecule has 156 valence electrons. The normalized spacial score (nSPS) is 28.9. The van der Waals surface area contributed by atoms with E-state index in [-0.39, 0.29) is 35.7 Å². The van der Waals surface area contributed by atoms with Crippen molar-refractivity contribution in [2.24, 2.45) is 0 Å². The van der Waals surface area contributed by atoms with Gasteiger partial charge in [0.2, 0.25) is 11.8 Å². The molecule has 0 bridgehead atoms. The van der Waals surface area contributed by atoms with Crippen molar-refractivity contribution in [3.05, 3.63) is 69.7 Å². The molecule has 0 N–H and O–H groups in total. The molecule has 4 nitrogen and oxygen atoms in total.